The second-order valence-electron chi connectivity index (χ2n) is 8.18. The van der Waals surface area contributed by atoms with Gasteiger partial charge in [0.25, 0.3) is 0 Å². The first-order valence-corrected chi connectivity index (χ1v) is 12.8. The van der Waals surface area contributed by atoms with Gasteiger partial charge in [-0.05, 0) is 55.7 Å². The largest absolute Gasteiger partial charge is 0.369 e. The van der Waals surface area contributed by atoms with Gasteiger partial charge in [-0.1, -0.05) is 33.6 Å². The fraction of sp³-hybridized carbons (Fsp3) is 0.409. The third-order valence-corrected chi connectivity index (χ3v) is 8.63. The van der Waals surface area contributed by atoms with E-state index in [1.54, 1.807) is 11.0 Å². The van der Waals surface area contributed by atoms with Gasteiger partial charge in [-0.2, -0.15) is 4.31 Å². The van der Waals surface area contributed by atoms with Crippen LogP contribution >= 0.6 is 27.5 Å². The topological polar surface area (TPSA) is 60.9 Å². The number of anilines is 2. The van der Waals surface area contributed by atoms with Gasteiger partial charge in [-0.15, -0.1) is 0 Å². The second-order valence-corrected chi connectivity index (χ2v) is 11.4. The van der Waals surface area contributed by atoms with Crippen molar-refractivity contribution in [1.82, 2.24) is 4.31 Å². The number of piperazine rings is 1. The van der Waals surface area contributed by atoms with Crippen LogP contribution in [0.2, 0.25) is 5.02 Å². The fourth-order valence-corrected chi connectivity index (χ4v) is 7.08. The molecule has 2 aromatic rings. The maximum absolute atomic E-state index is 13.7. The van der Waals surface area contributed by atoms with Crippen molar-refractivity contribution in [2.75, 3.05) is 36.0 Å². The van der Waals surface area contributed by atoms with E-state index < -0.39 is 10.0 Å². The summed E-state index contributed by atoms with van der Waals surface area (Å²) < 4.78 is 29.6. The molecule has 31 heavy (non-hydrogen) atoms. The van der Waals surface area contributed by atoms with Crippen LogP contribution in [0.3, 0.4) is 0 Å². The molecule has 2 aliphatic heterocycles. The van der Waals surface area contributed by atoms with Crippen LogP contribution < -0.4 is 9.80 Å². The van der Waals surface area contributed by atoms with Gasteiger partial charge in [0.1, 0.15) is 4.90 Å². The zero-order valence-electron chi connectivity index (χ0n) is 17.7. The van der Waals surface area contributed by atoms with Gasteiger partial charge in [0.2, 0.25) is 15.9 Å². The number of amides is 1. The Morgan fingerprint density at radius 3 is 2.45 bits per heavy atom. The lowest BCUT2D eigenvalue weighted by atomic mass is 10.1. The van der Waals surface area contributed by atoms with E-state index in [0.29, 0.717) is 47.8 Å². The Bertz CT molecular complexity index is 1150. The van der Waals surface area contributed by atoms with Crippen molar-refractivity contribution in [3.8, 4) is 0 Å². The lowest BCUT2D eigenvalue weighted by molar-refractivity contribution is -0.116. The third-order valence-electron chi connectivity index (χ3n) is 6.02. The van der Waals surface area contributed by atoms with E-state index in [4.69, 9.17) is 11.6 Å². The number of halogens is 2. The van der Waals surface area contributed by atoms with Gasteiger partial charge < -0.3 is 9.80 Å². The number of carbonyl (C=O) groups excluding carboxylic acids is 1. The van der Waals surface area contributed by atoms with Crippen molar-refractivity contribution < 1.29 is 13.2 Å². The van der Waals surface area contributed by atoms with Gasteiger partial charge >= 0.3 is 0 Å². The smallest absolute Gasteiger partial charge is 0.245 e. The van der Waals surface area contributed by atoms with Gasteiger partial charge in [0.05, 0.1) is 5.69 Å². The molecule has 0 bridgehead atoms. The molecule has 0 aliphatic carbocycles. The van der Waals surface area contributed by atoms with Crippen LogP contribution in [0.5, 0.6) is 0 Å². The summed E-state index contributed by atoms with van der Waals surface area (Å²) in [5.41, 5.74) is 3.54. The Balaban J connectivity index is 1.64. The molecule has 1 amide bonds. The maximum Gasteiger partial charge on any atom is 0.245 e. The highest BCUT2D eigenvalue weighted by Gasteiger charge is 2.38. The first kappa shape index (κ1) is 22.6. The monoisotopic (exact) mass is 525 g/mol. The van der Waals surface area contributed by atoms with Crippen LogP contribution in [0.25, 0.3) is 0 Å². The molecule has 0 saturated carbocycles. The number of hydrogen-bond acceptors (Lipinski definition) is 4. The number of carbonyl (C=O) groups is 1. The summed E-state index contributed by atoms with van der Waals surface area (Å²) in [4.78, 5) is 16.3. The van der Waals surface area contributed by atoms with Gasteiger partial charge in [-0.25, -0.2) is 8.42 Å². The number of sulfonamides is 1. The SMILES string of the molecule is CC(=O)N1c2c(cc(Br)cc2S(=O)(=O)N2CCN(c3cc(Cl)ccc3C)CC2)C[C@@H]1C. The highest BCUT2D eigenvalue weighted by atomic mass is 79.9. The number of benzene rings is 2. The predicted octanol–water partition coefficient (Wildman–Crippen LogP) is 4.22. The molecule has 1 fully saturated rings. The molecular formula is C22H25BrClN3O3S. The van der Waals surface area contributed by atoms with Crippen molar-refractivity contribution in [3.63, 3.8) is 0 Å². The average Bonchev–Trinajstić information content (AvgIpc) is 3.04. The van der Waals surface area contributed by atoms with Crippen LogP contribution in [0, 0.1) is 6.92 Å². The predicted molar refractivity (Wildman–Crippen MR) is 128 cm³/mol. The quantitative estimate of drug-likeness (QED) is 0.601. The molecule has 2 heterocycles. The summed E-state index contributed by atoms with van der Waals surface area (Å²) in [6, 6.07) is 9.22. The molecular weight excluding hydrogens is 502 g/mol. The van der Waals surface area contributed by atoms with E-state index >= 15 is 0 Å². The normalized spacial score (nSPS) is 19.6. The number of aryl methyl sites for hydroxylation is 1. The minimum absolute atomic E-state index is 0.0709. The molecule has 166 valence electrons. The Hall–Kier alpha value is -1.61. The molecule has 0 radical (unpaired) electrons. The van der Waals surface area contributed by atoms with E-state index in [1.165, 1.54) is 11.2 Å². The minimum Gasteiger partial charge on any atom is -0.369 e. The van der Waals surface area contributed by atoms with E-state index in [1.807, 2.05) is 38.1 Å². The molecule has 0 N–H and O–H groups in total. The Kier molecular flexibility index (Phi) is 6.11. The number of fused-ring (bicyclic) bond motifs is 1. The Morgan fingerprint density at radius 1 is 1.13 bits per heavy atom. The zero-order valence-corrected chi connectivity index (χ0v) is 20.9. The highest BCUT2D eigenvalue weighted by Crippen LogP contribution is 2.41. The van der Waals surface area contributed by atoms with E-state index in [2.05, 4.69) is 20.8 Å². The summed E-state index contributed by atoms with van der Waals surface area (Å²) in [6.07, 6.45) is 0.638. The van der Waals surface area contributed by atoms with Gasteiger partial charge in [0.15, 0.2) is 0 Å². The van der Waals surface area contributed by atoms with Gasteiger partial charge in [-0.3, -0.25) is 4.79 Å². The summed E-state index contributed by atoms with van der Waals surface area (Å²) in [6.45, 7) is 7.33. The molecule has 2 aliphatic rings. The van der Waals surface area contributed by atoms with Crippen LogP contribution in [-0.4, -0.2) is 50.9 Å². The van der Waals surface area contributed by atoms with Crippen LogP contribution in [0.4, 0.5) is 11.4 Å². The van der Waals surface area contributed by atoms with Crippen LogP contribution in [-0.2, 0) is 21.2 Å². The van der Waals surface area contributed by atoms with Crippen molar-refractivity contribution in [2.45, 2.75) is 38.1 Å². The molecule has 9 heteroatoms. The minimum atomic E-state index is -3.77. The molecule has 0 spiro atoms. The molecule has 1 saturated heterocycles. The van der Waals surface area contributed by atoms with Crippen LogP contribution in [0.1, 0.15) is 25.0 Å². The number of hydrogen-bond donors (Lipinski definition) is 0. The first-order chi connectivity index (χ1) is 14.6. The highest BCUT2D eigenvalue weighted by molar-refractivity contribution is 9.10. The molecule has 4 rings (SSSR count). The van der Waals surface area contributed by atoms with Crippen molar-refractivity contribution in [1.29, 1.82) is 0 Å². The van der Waals surface area contributed by atoms with E-state index in [9.17, 15) is 13.2 Å². The molecule has 0 unspecified atom stereocenters. The Morgan fingerprint density at radius 2 is 1.81 bits per heavy atom. The third kappa shape index (κ3) is 4.11. The second kappa shape index (κ2) is 8.39. The summed E-state index contributed by atoms with van der Waals surface area (Å²) >= 11 is 9.62. The lowest BCUT2D eigenvalue weighted by Gasteiger charge is -2.36. The molecule has 6 nitrogen and oxygen atoms in total. The van der Waals surface area contributed by atoms with Gasteiger partial charge in [0, 0.05) is 54.3 Å². The number of nitrogens with zero attached hydrogens (tertiary/aromatic N) is 3. The Labute approximate surface area is 196 Å². The summed E-state index contributed by atoms with van der Waals surface area (Å²) in [5.74, 6) is -0.147. The molecule has 1 atom stereocenters. The lowest BCUT2D eigenvalue weighted by Crippen LogP contribution is -2.49. The summed E-state index contributed by atoms with van der Waals surface area (Å²) in [5, 5.41) is 0.666. The average molecular weight is 527 g/mol. The van der Waals surface area contributed by atoms with E-state index in [-0.39, 0.29) is 16.8 Å². The number of rotatable bonds is 3. The summed E-state index contributed by atoms with van der Waals surface area (Å²) in [7, 11) is -3.77. The first-order valence-electron chi connectivity index (χ1n) is 10.2. The van der Waals surface area contributed by atoms with Crippen LogP contribution in [0.15, 0.2) is 39.7 Å². The van der Waals surface area contributed by atoms with E-state index in [0.717, 1.165) is 16.8 Å². The standard InChI is InChI=1S/C22H25BrClN3O3S/c1-14-4-5-19(24)13-20(14)25-6-8-26(9-7-25)31(29,30)21-12-18(23)11-17-10-15(2)27(16(3)28)22(17)21/h4-5,11-13,15H,6-10H2,1-3H3/t15-/m0/s1. The van der Waals surface area contributed by atoms with Crippen molar-refractivity contribution in [2.24, 2.45) is 0 Å². The van der Waals surface area contributed by atoms with Crippen molar-refractivity contribution in [3.05, 3.63) is 51.0 Å². The maximum atomic E-state index is 13.7. The van der Waals surface area contributed by atoms with Crippen molar-refractivity contribution >= 4 is 54.8 Å². The zero-order chi connectivity index (χ0) is 22.5. The fourth-order valence-electron chi connectivity index (χ4n) is 4.58. The molecule has 0 aromatic heterocycles. The molecule has 2 aromatic carbocycles.